The van der Waals surface area contributed by atoms with Crippen LogP contribution in [0.3, 0.4) is 0 Å². The Labute approximate surface area is 170 Å². The van der Waals surface area contributed by atoms with Crippen molar-refractivity contribution in [2.75, 3.05) is 0 Å². The van der Waals surface area contributed by atoms with Gasteiger partial charge >= 0.3 is 0 Å². The van der Waals surface area contributed by atoms with E-state index in [0.717, 1.165) is 28.0 Å². The number of aromatic nitrogens is 2. The molecule has 1 aromatic heterocycles. The first kappa shape index (κ1) is 17.3. The Morgan fingerprint density at radius 2 is 1.10 bits per heavy atom. The Morgan fingerprint density at radius 1 is 0.517 bits per heavy atom. The molecule has 0 aliphatic heterocycles. The summed E-state index contributed by atoms with van der Waals surface area (Å²) in [5, 5.41) is 1.07. The van der Waals surface area contributed by atoms with Crippen LogP contribution in [-0.4, -0.2) is 9.97 Å². The highest BCUT2D eigenvalue weighted by atomic mass is 14.9. The van der Waals surface area contributed by atoms with Crippen molar-refractivity contribution >= 4 is 10.9 Å². The second-order valence-electron chi connectivity index (χ2n) is 7.13. The zero-order chi connectivity index (χ0) is 19.6. The summed E-state index contributed by atoms with van der Waals surface area (Å²) in [4.78, 5) is 9.44. The van der Waals surface area contributed by atoms with Crippen LogP contribution in [0.4, 0.5) is 0 Å². The molecule has 0 atom stereocenters. The third kappa shape index (κ3) is 3.30. The first-order chi connectivity index (χ1) is 14.3. The van der Waals surface area contributed by atoms with Gasteiger partial charge in [0.05, 0.1) is 11.2 Å². The van der Waals surface area contributed by atoms with Crippen molar-refractivity contribution in [2.24, 2.45) is 0 Å². The number of nitrogens with zero attached hydrogens (tertiary/aromatic N) is 2. The van der Waals surface area contributed by atoms with Crippen molar-refractivity contribution in [3.63, 3.8) is 0 Å². The lowest BCUT2D eigenvalue weighted by atomic mass is 9.93. The average Bonchev–Trinajstić information content (AvgIpc) is 2.79. The van der Waals surface area contributed by atoms with Gasteiger partial charge < -0.3 is 0 Å². The van der Waals surface area contributed by atoms with Crippen molar-refractivity contribution < 1.29 is 0 Å². The minimum atomic E-state index is 0.786. The van der Waals surface area contributed by atoms with Crippen LogP contribution >= 0.6 is 0 Å². The second kappa shape index (κ2) is 7.33. The summed E-state index contributed by atoms with van der Waals surface area (Å²) in [6, 6.07) is 35.9. The Kier molecular flexibility index (Phi) is 4.38. The van der Waals surface area contributed by atoms with Gasteiger partial charge in [-0.05, 0) is 41.3 Å². The van der Waals surface area contributed by atoms with Crippen molar-refractivity contribution in [3.05, 3.63) is 109 Å². The zero-order valence-electron chi connectivity index (χ0n) is 16.2. The summed E-state index contributed by atoms with van der Waals surface area (Å²) >= 11 is 0. The lowest BCUT2D eigenvalue weighted by Crippen LogP contribution is -1.95. The summed E-state index contributed by atoms with van der Waals surface area (Å²) in [5.74, 6) is 0.786. The number of hydrogen-bond acceptors (Lipinski definition) is 2. The van der Waals surface area contributed by atoms with Crippen LogP contribution in [0.25, 0.3) is 44.4 Å². The van der Waals surface area contributed by atoms with Gasteiger partial charge in [0.2, 0.25) is 0 Å². The Morgan fingerprint density at radius 3 is 1.79 bits per heavy atom. The highest BCUT2D eigenvalue weighted by Gasteiger charge is 2.12. The Bertz CT molecular complexity index is 1290. The van der Waals surface area contributed by atoms with Gasteiger partial charge in [0, 0.05) is 10.9 Å². The quantitative estimate of drug-likeness (QED) is 0.343. The number of benzene rings is 4. The van der Waals surface area contributed by atoms with Gasteiger partial charge in [-0.3, -0.25) is 0 Å². The summed E-state index contributed by atoms with van der Waals surface area (Å²) < 4.78 is 0. The van der Waals surface area contributed by atoms with Gasteiger partial charge in [-0.1, -0.05) is 91.0 Å². The average molecular weight is 372 g/mol. The monoisotopic (exact) mass is 372 g/mol. The van der Waals surface area contributed by atoms with Crippen molar-refractivity contribution in [1.82, 2.24) is 9.97 Å². The molecule has 5 aromatic rings. The van der Waals surface area contributed by atoms with Crippen LogP contribution in [0.5, 0.6) is 0 Å². The van der Waals surface area contributed by atoms with E-state index in [1.54, 1.807) is 0 Å². The van der Waals surface area contributed by atoms with E-state index in [1.807, 2.05) is 31.2 Å². The van der Waals surface area contributed by atoms with Gasteiger partial charge in [0.25, 0.3) is 0 Å². The van der Waals surface area contributed by atoms with Gasteiger partial charge in [-0.15, -0.1) is 0 Å². The molecule has 1 heterocycles. The molecule has 0 unspecified atom stereocenters. The standard InChI is InChI=1S/C27H20N2/c1-19-28-26-17-16-22(18-25(26)27(29-19)21-12-6-3-7-13-21)24-15-9-8-14-23(24)20-10-4-2-5-11-20/h2-18H,1H3. The van der Waals surface area contributed by atoms with Crippen LogP contribution in [0.2, 0.25) is 0 Å². The molecule has 0 aliphatic carbocycles. The van der Waals surface area contributed by atoms with E-state index in [-0.39, 0.29) is 0 Å². The Balaban J connectivity index is 1.74. The van der Waals surface area contributed by atoms with E-state index < -0.39 is 0 Å². The molecule has 2 nitrogen and oxygen atoms in total. The molecule has 4 aromatic carbocycles. The van der Waals surface area contributed by atoms with E-state index in [4.69, 9.17) is 4.98 Å². The molecular formula is C27H20N2. The summed E-state index contributed by atoms with van der Waals surface area (Å²) in [6.45, 7) is 1.95. The third-order valence-corrected chi connectivity index (χ3v) is 5.18. The molecule has 0 radical (unpaired) electrons. The highest BCUT2D eigenvalue weighted by molar-refractivity contribution is 5.96. The predicted molar refractivity (Wildman–Crippen MR) is 121 cm³/mol. The minimum absolute atomic E-state index is 0.786. The maximum absolute atomic E-state index is 4.78. The highest BCUT2D eigenvalue weighted by Crippen LogP contribution is 2.35. The van der Waals surface area contributed by atoms with Crippen LogP contribution in [0.15, 0.2) is 103 Å². The molecule has 29 heavy (non-hydrogen) atoms. The fourth-order valence-corrected chi connectivity index (χ4v) is 3.83. The molecule has 0 N–H and O–H groups in total. The maximum Gasteiger partial charge on any atom is 0.126 e. The van der Waals surface area contributed by atoms with Gasteiger partial charge in [0.1, 0.15) is 5.82 Å². The summed E-state index contributed by atoms with van der Waals surface area (Å²) in [7, 11) is 0. The van der Waals surface area contributed by atoms with Crippen LogP contribution in [-0.2, 0) is 0 Å². The number of fused-ring (bicyclic) bond motifs is 1. The van der Waals surface area contributed by atoms with Gasteiger partial charge in [0.15, 0.2) is 0 Å². The molecular weight excluding hydrogens is 352 g/mol. The smallest absolute Gasteiger partial charge is 0.126 e. The van der Waals surface area contributed by atoms with E-state index in [9.17, 15) is 0 Å². The van der Waals surface area contributed by atoms with E-state index in [0.29, 0.717) is 0 Å². The fraction of sp³-hybridized carbons (Fsp3) is 0.0370. The molecule has 0 spiro atoms. The topological polar surface area (TPSA) is 25.8 Å². The fourth-order valence-electron chi connectivity index (χ4n) is 3.83. The lowest BCUT2D eigenvalue weighted by molar-refractivity contribution is 1.10. The van der Waals surface area contributed by atoms with Crippen molar-refractivity contribution in [2.45, 2.75) is 6.92 Å². The number of aryl methyl sites for hydroxylation is 1. The van der Waals surface area contributed by atoms with Crippen molar-refractivity contribution in [1.29, 1.82) is 0 Å². The second-order valence-corrected chi connectivity index (χ2v) is 7.13. The molecule has 0 amide bonds. The van der Waals surface area contributed by atoms with Crippen molar-refractivity contribution in [3.8, 4) is 33.5 Å². The first-order valence-corrected chi connectivity index (χ1v) is 9.78. The van der Waals surface area contributed by atoms with E-state index >= 15 is 0 Å². The molecule has 0 aliphatic rings. The summed E-state index contributed by atoms with van der Waals surface area (Å²) in [6.07, 6.45) is 0. The van der Waals surface area contributed by atoms with Gasteiger partial charge in [-0.25, -0.2) is 9.97 Å². The molecule has 0 saturated carbocycles. The van der Waals surface area contributed by atoms with Crippen LogP contribution in [0, 0.1) is 6.92 Å². The summed E-state index contributed by atoms with van der Waals surface area (Å²) in [5.41, 5.74) is 7.87. The first-order valence-electron chi connectivity index (χ1n) is 9.78. The van der Waals surface area contributed by atoms with Gasteiger partial charge in [-0.2, -0.15) is 0 Å². The molecule has 2 heteroatoms. The molecule has 0 saturated heterocycles. The largest absolute Gasteiger partial charge is 0.233 e. The SMILES string of the molecule is Cc1nc(-c2ccccc2)c2cc(-c3ccccc3-c3ccccc3)ccc2n1. The van der Waals surface area contributed by atoms with E-state index in [2.05, 4.69) is 83.8 Å². The van der Waals surface area contributed by atoms with E-state index in [1.165, 1.54) is 22.3 Å². The molecule has 5 rings (SSSR count). The molecule has 0 fully saturated rings. The Hall–Kier alpha value is -3.78. The van der Waals surface area contributed by atoms with Crippen LogP contribution < -0.4 is 0 Å². The normalized spacial score (nSPS) is 10.9. The molecule has 0 bridgehead atoms. The number of rotatable bonds is 3. The predicted octanol–water partition coefficient (Wildman–Crippen LogP) is 6.94. The number of hydrogen-bond donors (Lipinski definition) is 0. The van der Waals surface area contributed by atoms with Crippen LogP contribution in [0.1, 0.15) is 5.82 Å². The maximum atomic E-state index is 4.78. The minimum Gasteiger partial charge on any atom is -0.233 e. The zero-order valence-corrected chi connectivity index (χ0v) is 16.2. The molecule has 138 valence electrons. The lowest BCUT2D eigenvalue weighted by Gasteiger charge is -2.13. The third-order valence-electron chi connectivity index (χ3n) is 5.18.